The van der Waals surface area contributed by atoms with Crippen LogP contribution in [0.3, 0.4) is 0 Å². The van der Waals surface area contributed by atoms with Gasteiger partial charge in [-0.15, -0.1) is 0 Å². The maximum atomic E-state index is 5.62. The Hall–Kier alpha value is -0.0400. The summed E-state index contributed by atoms with van der Waals surface area (Å²) >= 11 is 0. The highest BCUT2D eigenvalue weighted by Gasteiger charge is 2.09. The van der Waals surface area contributed by atoms with Crippen molar-refractivity contribution in [3.05, 3.63) is 0 Å². The molecule has 0 rings (SSSR count). The van der Waals surface area contributed by atoms with Gasteiger partial charge in [0.2, 0.25) is 0 Å². The minimum atomic E-state index is 0.377. The monoisotopic (exact) mass is 143 g/mol. The largest absolute Gasteiger partial charge is 0.328 e. The summed E-state index contributed by atoms with van der Waals surface area (Å²) in [5.74, 6) is 0. The summed E-state index contributed by atoms with van der Waals surface area (Å²) in [6.07, 6.45) is 3.72. The molecule has 62 valence electrons. The van der Waals surface area contributed by atoms with Gasteiger partial charge in [0.05, 0.1) is 0 Å². The van der Waals surface area contributed by atoms with Crippen LogP contribution in [-0.2, 0) is 0 Å². The first kappa shape index (κ1) is 9.96. The van der Waals surface area contributed by atoms with Gasteiger partial charge in [0.15, 0.2) is 0 Å². The second-order valence-electron chi connectivity index (χ2n) is 4.43. The molecule has 0 aromatic carbocycles. The molecule has 0 aromatic heterocycles. The average molecular weight is 143 g/mol. The van der Waals surface area contributed by atoms with E-state index in [1.165, 1.54) is 12.8 Å². The normalized spacial score (nSPS) is 15.3. The molecule has 2 N–H and O–H groups in total. The zero-order chi connectivity index (χ0) is 8.20. The maximum Gasteiger partial charge on any atom is 0.00104 e. The Morgan fingerprint density at radius 1 is 1.30 bits per heavy atom. The predicted octanol–water partition coefficient (Wildman–Crippen LogP) is 2.55. The summed E-state index contributed by atoms with van der Waals surface area (Å²) in [6, 6.07) is 0.377. The van der Waals surface area contributed by atoms with Crippen molar-refractivity contribution in [3.63, 3.8) is 0 Å². The van der Waals surface area contributed by atoms with E-state index in [-0.39, 0.29) is 0 Å². The molecule has 0 saturated carbocycles. The van der Waals surface area contributed by atoms with Gasteiger partial charge < -0.3 is 5.73 Å². The molecule has 1 nitrogen and oxygen atoms in total. The molecule has 0 saturated heterocycles. The number of nitrogens with two attached hydrogens (primary N) is 1. The van der Waals surface area contributed by atoms with Crippen molar-refractivity contribution in [1.29, 1.82) is 0 Å². The van der Waals surface area contributed by atoms with Gasteiger partial charge in [-0.1, -0.05) is 27.2 Å². The third-order valence-corrected chi connectivity index (χ3v) is 1.59. The standard InChI is InChI=1S/C9H21N/c1-8(10)6-5-7-9(2,3)4/h8H,5-7,10H2,1-4H3/t8-/m1/s1. The molecule has 0 fully saturated rings. The van der Waals surface area contributed by atoms with E-state index in [0.29, 0.717) is 11.5 Å². The predicted molar refractivity (Wildman–Crippen MR) is 47.0 cm³/mol. The molecule has 0 spiro atoms. The first-order valence-electron chi connectivity index (χ1n) is 4.17. The van der Waals surface area contributed by atoms with E-state index in [2.05, 4.69) is 27.7 Å². The van der Waals surface area contributed by atoms with E-state index < -0.39 is 0 Å². The van der Waals surface area contributed by atoms with Gasteiger partial charge in [-0.25, -0.2) is 0 Å². The van der Waals surface area contributed by atoms with Crippen LogP contribution in [0.2, 0.25) is 0 Å². The van der Waals surface area contributed by atoms with Crippen molar-refractivity contribution in [3.8, 4) is 0 Å². The van der Waals surface area contributed by atoms with Gasteiger partial charge in [0.25, 0.3) is 0 Å². The summed E-state index contributed by atoms with van der Waals surface area (Å²) < 4.78 is 0. The van der Waals surface area contributed by atoms with E-state index in [1.54, 1.807) is 0 Å². The molecule has 0 unspecified atom stereocenters. The molecule has 0 radical (unpaired) electrons. The van der Waals surface area contributed by atoms with Crippen LogP contribution in [0.15, 0.2) is 0 Å². The third-order valence-electron chi connectivity index (χ3n) is 1.59. The Kier molecular flexibility index (Phi) is 3.95. The van der Waals surface area contributed by atoms with Gasteiger partial charge in [-0.2, -0.15) is 0 Å². The Morgan fingerprint density at radius 2 is 1.80 bits per heavy atom. The van der Waals surface area contributed by atoms with Crippen molar-refractivity contribution in [2.75, 3.05) is 0 Å². The number of rotatable bonds is 3. The summed E-state index contributed by atoms with van der Waals surface area (Å²) in [4.78, 5) is 0. The van der Waals surface area contributed by atoms with Crippen LogP contribution in [0.1, 0.15) is 47.0 Å². The Balaban J connectivity index is 3.21. The Bertz CT molecular complexity index is 79.2. The van der Waals surface area contributed by atoms with Crippen molar-refractivity contribution in [1.82, 2.24) is 0 Å². The Morgan fingerprint density at radius 3 is 2.10 bits per heavy atom. The fraction of sp³-hybridized carbons (Fsp3) is 1.00. The van der Waals surface area contributed by atoms with Gasteiger partial charge in [0, 0.05) is 6.04 Å². The fourth-order valence-electron chi connectivity index (χ4n) is 0.954. The highest BCUT2D eigenvalue weighted by molar-refractivity contribution is 4.63. The van der Waals surface area contributed by atoms with Crippen LogP contribution in [0.4, 0.5) is 0 Å². The smallest absolute Gasteiger partial charge is 0.00104 e. The lowest BCUT2D eigenvalue weighted by atomic mass is 9.89. The second kappa shape index (κ2) is 3.97. The second-order valence-corrected chi connectivity index (χ2v) is 4.43. The van der Waals surface area contributed by atoms with Crippen molar-refractivity contribution in [2.45, 2.75) is 53.0 Å². The van der Waals surface area contributed by atoms with Gasteiger partial charge in [0.1, 0.15) is 0 Å². The van der Waals surface area contributed by atoms with Gasteiger partial charge in [-0.3, -0.25) is 0 Å². The van der Waals surface area contributed by atoms with E-state index in [9.17, 15) is 0 Å². The van der Waals surface area contributed by atoms with Crippen molar-refractivity contribution in [2.24, 2.45) is 11.1 Å². The highest BCUT2D eigenvalue weighted by Crippen LogP contribution is 2.21. The fourth-order valence-corrected chi connectivity index (χ4v) is 0.954. The first-order chi connectivity index (χ1) is 4.42. The van der Waals surface area contributed by atoms with Crippen molar-refractivity contribution >= 4 is 0 Å². The van der Waals surface area contributed by atoms with Crippen molar-refractivity contribution < 1.29 is 0 Å². The molecule has 1 atom stereocenters. The van der Waals surface area contributed by atoms with Crippen LogP contribution in [-0.4, -0.2) is 6.04 Å². The SMILES string of the molecule is C[C@@H](N)CCCC(C)(C)C. The topological polar surface area (TPSA) is 26.0 Å². The molecule has 0 heterocycles. The minimum absolute atomic E-state index is 0.377. The van der Waals surface area contributed by atoms with E-state index in [1.807, 2.05) is 0 Å². The van der Waals surface area contributed by atoms with E-state index >= 15 is 0 Å². The van der Waals surface area contributed by atoms with E-state index in [4.69, 9.17) is 5.73 Å². The average Bonchev–Trinajstić information content (AvgIpc) is 1.59. The summed E-state index contributed by atoms with van der Waals surface area (Å²) in [5, 5.41) is 0. The molecular formula is C9H21N. The lowest BCUT2D eigenvalue weighted by Gasteiger charge is -2.18. The molecule has 0 bridgehead atoms. The van der Waals surface area contributed by atoms with Crippen LogP contribution >= 0.6 is 0 Å². The lowest BCUT2D eigenvalue weighted by Crippen LogP contribution is -2.15. The summed E-state index contributed by atoms with van der Waals surface area (Å²) in [5.41, 5.74) is 6.10. The van der Waals surface area contributed by atoms with Crippen LogP contribution < -0.4 is 5.73 Å². The molecular weight excluding hydrogens is 122 g/mol. The van der Waals surface area contributed by atoms with E-state index in [0.717, 1.165) is 6.42 Å². The first-order valence-corrected chi connectivity index (χ1v) is 4.17. The summed E-state index contributed by atoms with van der Waals surface area (Å²) in [6.45, 7) is 8.89. The van der Waals surface area contributed by atoms with Crippen LogP contribution in [0, 0.1) is 5.41 Å². The molecule has 0 aliphatic rings. The van der Waals surface area contributed by atoms with Gasteiger partial charge >= 0.3 is 0 Å². The third kappa shape index (κ3) is 7.96. The zero-order valence-electron chi connectivity index (χ0n) is 7.78. The summed E-state index contributed by atoms with van der Waals surface area (Å²) in [7, 11) is 0. The minimum Gasteiger partial charge on any atom is -0.328 e. The molecule has 0 aliphatic heterocycles. The number of hydrogen-bond donors (Lipinski definition) is 1. The number of hydrogen-bond acceptors (Lipinski definition) is 1. The molecule has 1 heteroatoms. The van der Waals surface area contributed by atoms with Crippen LogP contribution in [0.5, 0.6) is 0 Å². The molecule has 0 aliphatic carbocycles. The highest BCUT2D eigenvalue weighted by atomic mass is 14.6. The zero-order valence-corrected chi connectivity index (χ0v) is 7.78. The molecule has 10 heavy (non-hydrogen) atoms. The van der Waals surface area contributed by atoms with Gasteiger partial charge in [-0.05, 0) is 25.2 Å². The quantitative estimate of drug-likeness (QED) is 0.645. The lowest BCUT2D eigenvalue weighted by molar-refractivity contribution is 0.354. The maximum absolute atomic E-state index is 5.62. The Labute approximate surface area is 65.0 Å². The molecule has 0 aromatic rings. The molecule has 0 amide bonds. The van der Waals surface area contributed by atoms with Crippen LogP contribution in [0.25, 0.3) is 0 Å².